The molecule has 11 heteroatoms. The number of nitro groups is 1. The van der Waals surface area contributed by atoms with E-state index in [0.29, 0.717) is 0 Å². The lowest BCUT2D eigenvalue weighted by Crippen LogP contribution is -2.60. The van der Waals surface area contributed by atoms with Crippen molar-refractivity contribution in [3.05, 3.63) is 112 Å². The van der Waals surface area contributed by atoms with Gasteiger partial charge < -0.3 is 23.7 Å². The number of alkyl halides is 1. The van der Waals surface area contributed by atoms with Crippen molar-refractivity contribution in [2.24, 2.45) is 0 Å². The van der Waals surface area contributed by atoms with Gasteiger partial charge in [-0.15, -0.1) is 0 Å². The summed E-state index contributed by atoms with van der Waals surface area (Å²) in [5.74, 6) is -1.23. The second-order valence-electron chi connectivity index (χ2n) is 9.02. The molecule has 0 amide bonds. The Morgan fingerprint density at radius 2 is 1.40 bits per heavy atom. The molecule has 0 aliphatic carbocycles. The molecule has 3 aromatic carbocycles. The number of carbonyl (C=O) groups excluding carboxylic acids is 2. The van der Waals surface area contributed by atoms with E-state index in [0.717, 1.165) is 11.1 Å². The molecule has 5 atom stereocenters. The molecule has 1 aliphatic heterocycles. The number of benzene rings is 3. The van der Waals surface area contributed by atoms with Crippen molar-refractivity contribution >= 4 is 33.6 Å². The van der Waals surface area contributed by atoms with Gasteiger partial charge in [0.2, 0.25) is 0 Å². The van der Waals surface area contributed by atoms with Crippen LogP contribution in [0.2, 0.25) is 0 Å². The number of nitro benzene ring substituents is 1. The summed E-state index contributed by atoms with van der Waals surface area (Å²) in [6.07, 6.45) is -3.52. The molecule has 0 bridgehead atoms. The van der Waals surface area contributed by atoms with Crippen LogP contribution in [0.15, 0.2) is 84.9 Å². The Morgan fingerprint density at radius 1 is 0.850 bits per heavy atom. The Hall–Kier alpha value is -3.64. The van der Waals surface area contributed by atoms with Crippen molar-refractivity contribution in [3.8, 4) is 0 Å². The largest absolute Gasteiger partial charge is 0.463 e. The third kappa shape index (κ3) is 7.95. The van der Waals surface area contributed by atoms with Crippen molar-refractivity contribution in [1.29, 1.82) is 0 Å². The summed E-state index contributed by atoms with van der Waals surface area (Å²) in [5, 5.41) is 10.3. The van der Waals surface area contributed by atoms with Gasteiger partial charge in [-0.1, -0.05) is 76.6 Å². The minimum Gasteiger partial charge on any atom is -0.463 e. The van der Waals surface area contributed by atoms with Gasteiger partial charge in [-0.05, 0) is 23.3 Å². The van der Waals surface area contributed by atoms with Crippen LogP contribution in [0.3, 0.4) is 0 Å². The molecule has 0 radical (unpaired) electrons. The molecule has 4 rings (SSSR count). The fourth-order valence-electron chi connectivity index (χ4n) is 4.15. The number of ether oxygens (including phenoxy) is 5. The molecule has 210 valence electrons. The standard InChI is InChI=1S/C29H28BrNO9/c1-19(32)36-18-24-25(37-16-20-8-4-2-5-9-20)26(40-29(33)22-12-14-23(15-13-22)31(34)35)27(28(30)39-24)38-17-21-10-6-3-7-11-21/h2-15,24-28H,16-18H2,1H3/t24-,25-,26+,27+,28+/m1/s1. The zero-order chi connectivity index (χ0) is 28.5. The number of hydrogen-bond acceptors (Lipinski definition) is 9. The minimum absolute atomic E-state index is 0.114. The maximum atomic E-state index is 13.3. The lowest BCUT2D eigenvalue weighted by Gasteiger charge is -2.44. The van der Waals surface area contributed by atoms with E-state index in [1.807, 2.05) is 60.7 Å². The topological polar surface area (TPSA) is 123 Å². The van der Waals surface area contributed by atoms with E-state index >= 15 is 0 Å². The summed E-state index contributed by atoms with van der Waals surface area (Å²) in [5.41, 5.74) is 1.73. The number of non-ortho nitro benzene ring substituents is 1. The highest BCUT2D eigenvalue weighted by Gasteiger charge is 2.49. The van der Waals surface area contributed by atoms with Crippen LogP contribution < -0.4 is 0 Å². The average molecular weight is 614 g/mol. The third-order valence-corrected chi connectivity index (χ3v) is 6.89. The lowest BCUT2D eigenvalue weighted by atomic mass is 9.99. The van der Waals surface area contributed by atoms with Crippen LogP contribution in [0.4, 0.5) is 5.69 Å². The summed E-state index contributed by atoms with van der Waals surface area (Å²) in [6.45, 7) is 1.50. The van der Waals surface area contributed by atoms with Crippen molar-refractivity contribution in [1.82, 2.24) is 0 Å². The van der Waals surface area contributed by atoms with Gasteiger partial charge >= 0.3 is 11.9 Å². The quantitative estimate of drug-likeness (QED) is 0.127. The predicted octanol–water partition coefficient (Wildman–Crippen LogP) is 4.97. The highest BCUT2D eigenvalue weighted by molar-refractivity contribution is 9.09. The normalized spacial score (nSPS) is 22.3. The zero-order valence-electron chi connectivity index (χ0n) is 21.6. The first-order chi connectivity index (χ1) is 19.3. The molecule has 0 N–H and O–H groups in total. The lowest BCUT2D eigenvalue weighted by molar-refractivity contribution is -0.384. The van der Waals surface area contributed by atoms with Crippen molar-refractivity contribution < 1.29 is 38.2 Å². The van der Waals surface area contributed by atoms with Gasteiger partial charge in [-0.25, -0.2) is 4.79 Å². The summed E-state index contributed by atoms with van der Waals surface area (Å²) in [4.78, 5) is 35.4. The number of halogens is 1. The first-order valence-electron chi connectivity index (χ1n) is 12.5. The van der Waals surface area contributed by atoms with Gasteiger partial charge in [-0.3, -0.25) is 14.9 Å². The molecule has 40 heavy (non-hydrogen) atoms. The van der Waals surface area contributed by atoms with Gasteiger partial charge in [0.15, 0.2) is 6.10 Å². The van der Waals surface area contributed by atoms with Crippen LogP contribution in [0.25, 0.3) is 0 Å². The van der Waals surface area contributed by atoms with Crippen LogP contribution in [0.1, 0.15) is 28.4 Å². The summed E-state index contributed by atoms with van der Waals surface area (Å²) >= 11 is 3.50. The van der Waals surface area contributed by atoms with E-state index in [1.165, 1.54) is 31.2 Å². The minimum atomic E-state index is -1.01. The second-order valence-corrected chi connectivity index (χ2v) is 9.93. The first-order valence-corrected chi connectivity index (χ1v) is 13.4. The smallest absolute Gasteiger partial charge is 0.338 e. The molecule has 0 unspecified atom stereocenters. The highest BCUT2D eigenvalue weighted by atomic mass is 79.9. The number of rotatable bonds is 11. The number of nitrogens with zero attached hydrogens (tertiary/aromatic N) is 1. The van der Waals surface area contributed by atoms with Crippen LogP contribution in [-0.2, 0) is 41.7 Å². The van der Waals surface area contributed by atoms with E-state index in [2.05, 4.69) is 15.9 Å². The Bertz CT molecular complexity index is 1270. The van der Waals surface area contributed by atoms with Gasteiger partial charge in [0, 0.05) is 19.1 Å². The SMILES string of the molecule is CC(=O)OC[C@H]1O[C@H](Br)[C@@H](OCc2ccccc2)[C@@H](OC(=O)c2ccc([N+](=O)[O-])cc2)[C@@H]1OCc1ccccc1. The molecule has 0 aromatic heterocycles. The number of esters is 2. The molecule has 1 heterocycles. The molecule has 1 fully saturated rings. The second kappa shape index (κ2) is 14.1. The van der Waals surface area contributed by atoms with Crippen LogP contribution in [-0.4, -0.2) is 52.9 Å². The van der Waals surface area contributed by atoms with Gasteiger partial charge in [0.25, 0.3) is 5.69 Å². The molecular formula is C29H28BrNO9. The average Bonchev–Trinajstić information content (AvgIpc) is 2.96. The van der Waals surface area contributed by atoms with Gasteiger partial charge in [0.1, 0.15) is 29.9 Å². The van der Waals surface area contributed by atoms with Crippen molar-refractivity contribution in [3.63, 3.8) is 0 Å². The Balaban J connectivity index is 1.62. The summed E-state index contributed by atoms with van der Waals surface area (Å²) < 4.78 is 29.8. The third-order valence-electron chi connectivity index (χ3n) is 6.16. The van der Waals surface area contributed by atoms with Crippen molar-refractivity contribution in [2.45, 2.75) is 49.6 Å². The van der Waals surface area contributed by atoms with E-state index in [-0.39, 0.29) is 31.1 Å². The Labute approximate surface area is 239 Å². The molecule has 10 nitrogen and oxygen atoms in total. The van der Waals surface area contributed by atoms with Gasteiger partial charge in [0.05, 0.1) is 23.7 Å². The number of hydrogen-bond donors (Lipinski definition) is 0. The first kappa shape index (κ1) is 29.3. The maximum absolute atomic E-state index is 13.3. The molecule has 0 saturated carbocycles. The fourth-order valence-corrected chi connectivity index (χ4v) is 4.88. The zero-order valence-corrected chi connectivity index (χ0v) is 23.2. The van der Waals surface area contributed by atoms with E-state index in [4.69, 9.17) is 23.7 Å². The van der Waals surface area contributed by atoms with Crippen molar-refractivity contribution in [2.75, 3.05) is 6.61 Å². The van der Waals surface area contributed by atoms with Crippen LogP contribution >= 0.6 is 15.9 Å². The van der Waals surface area contributed by atoms with E-state index < -0.39 is 46.3 Å². The monoisotopic (exact) mass is 613 g/mol. The summed E-state index contributed by atoms with van der Waals surface area (Å²) in [7, 11) is 0. The fraction of sp³-hybridized carbons (Fsp3) is 0.310. The van der Waals surface area contributed by atoms with Crippen LogP contribution in [0.5, 0.6) is 0 Å². The summed E-state index contributed by atoms with van der Waals surface area (Å²) in [6, 6.07) is 24.0. The molecule has 3 aromatic rings. The molecular weight excluding hydrogens is 586 g/mol. The van der Waals surface area contributed by atoms with E-state index in [9.17, 15) is 19.7 Å². The highest BCUT2D eigenvalue weighted by Crippen LogP contribution is 2.33. The maximum Gasteiger partial charge on any atom is 0.338 e. The van der Waals surface area contributed by atoms with E-state index in [1.54, 1.807) is 0 Å². The Kier molecular flexibility index (Phi) is 10.4. The molecule has 0 spiro atoms. The molecule has 1 saturated heterocycles. The predicted molar refractivity (Wildman–Crippen MR) is 147 cm³/mol. The Morgan fingerprint density at radius 3 is 1.93 bits per heavy atom. The molecule has 1 aliphatic rings. The van der Waals surface area contributed by atoms with Crippen LogP contribution in [0, 0.1) is 10.1 Å². The number of carbonyl (C=O) groups is 2. The van der Waals surface area contributed by atoms with Gasteiger partial charge in [-0.2, -0.15) is 0 Å².